The van der Waals surface area contributed by atoms with E-state index in [1.807, 2.05) is 95.9 Å². The second-order valence-corrected chi connectivity index (χ2v) is 10.1. The number of nitrogens with zero attached hydrogens (tertiary/aromatic N) is 2. The summed E-state index contributed by atoms with van der Waals surface area (Å²) in [4.78, 5) is 15.8. The predicted octanol–water partition coefficient (Wildman–Crippen LogP) is 7.37. The largest absolute Gasteiger partial charge is 0.445 e. The van der Waals surface area contributed by atoms with Crippen LogP contribution in [0.25, 0.3) is 0 Å². The minimum atomic E-state index is -0.739. The predicted molar refractivity (Wildman–Crippen MR) is 142 cm³/mol. The monoisotopic (exact) mass is 494 g/mol. The minimum absolute atomic E-state index is 0.182. The molecule has 5 heteroatoms. The Kier molecular flexibility index (Phi) is 8.18. The van der Waals surface area contributed by atoms with Crippen molar-refractivity contribution in [2.75, 3.05) is 0 Å². The van der Waals surface area contributed by atoms with Gasteiger partial charge in [-0.3, -0.25) is 4.90 Å². The van der Waals surface area contributed by atoms with Crippen molar-refractivity contribution < 1.29 is 14.3 Å². The number of benzene rings is 3. The average molecular weight is 495 g/mol. The van der Waals surface area contributed by atoms with Gasteiger partial charge in [0.15, 0.2) is 6.10 Å². The molecule has 0 radical (unpaired) electrons. The van der Waals surface area contributed by atoms with E-state index in [2.05, 4.69) is 6.07 Å². The van der Waals surface area contributed by atoms with E-state index in [1.54, 1.807) is 0 Å². The molecule has 1 unspecified atom stereocenters. The SMILES string of the molecule is N#CC1O[C@@H](c2ccccc2)[C@@H](c2ccccc2)N(C(=O)OCc2ccccc2)[C@@H]1CC1CCCCC1. The quantitative estimate of drug-likeness (QED) is 0.359. The van der Waals surface area contributed by atoms with Crippen molar-refractivity contribution in [2.45, 2.75) is 69.4 Å². The fourth-order valence-corrected chi connectivity index (χ4v) is 5.87. The molecule has 1 amide bonds. The van der Waals surface area contributed by atoms with Gasteiger partial charge in [-0.05, 0) is 29.0 Å². The van der Waals surface area contributed by atoms with E-state index >= 15 is 0 Å². The molecule has 2 aliphatic rings. The van der Waals surface area contributed by atoms with E-state index < -0.39 is 24.3 Å². The van der Waals surface area contributed by atoms with Gasteiger partial charge >= 0.3 is 6.09 Å². The molecule has 3 aromatic rings. The van der Waals surface area contributed by atoms with E-state index in [9.17, 15) is 10.1 Å². The highest BCUT2D eigenvalue weighted by Crippen LogP contribution is 2.46. The highest BCUT2D eigenvalue weighted by molar-refractivity contribution is 5.69. The molecule has 1 aliphatic heterocycles. The van der Waals surface area contributed by atoms with Crippen LogP contribution < -0.4 is 0 Å². The molecule has 5 nitrogen and oxygen atoms in total. The van der Waals surface area contributed by atoms with Crippen molar-refractivity contribution in [3.63, 3.8) is 0 Å². The summed E-state index contributed by atoms with van der Waals surface area (Å²) < 4.78 is 12.5. The third kappa shape index (κ3) is 5.87. The van der Waals surface area contributed by atoms with Crippen molar-refractivity contribution in [2.24, 2.45) is 5.92 Å². The topological polar surface area (TPSA) is 62.6 Å². The fourth-order valence-electron chi connectivity index (χ4n) is 5.87. The van der Waals surface area contributed by atoms with E-state index in [0.29, 0.717) is 5.92 Å². The Labute approximate surface area is 219 Å². The van der Waals surface area contributed by atoms with Crippen LogP contribution >= 0.6 is 0 Å². The summed E-state index contributed by atoms with van der Waals surface area (Å²) in [7, 11) is 0. The molecule has 190 valence electrons. The number of carbonyl (C=O) groups is 1. The lowest BCUT2D eigenvalue weighted by molar-refractivity contribution is -0.133. The second-order valence-electron chi connectivity index (χ2n) is 10.1. The maximum absolute atomic E-state index is 14.0. The number of ether oxygens (including phenoxy) is 2. The maximum Gasteiger partial charge on any atom is 0.411 e. The van der Waals surface area contributed by atoms with Gasteiger partial charge < -0.3 is 9.47 Å². The normalized spacial score (nSPS) is 24.2. The van der Waals surface area contributed by atoms with Gasteiger partial charge in [-0.15, -0.1) is 0 Å². The van der Waals surface area contributed by atoms with Gasteiger partial charge in [-0.25, -0.2) is 4.79 Å². The number of carbonyl (C=O) groups excluding carboxylic acids is 1. The molecule has 37 heavy (non-hydrogen) atoms. The number of morpholine rings is 1. The Bertz CT molecular complexity index is 1170. The Morgan fingerprint density at radius 3 is 2.08 bits per heavy atom. The van der Waals surface area contributed by atoms with E-state index in [4.69, 9.17) is 9.47 Å². The summed E-state index contributed by atoms with van der Waals surface area (Å²) in [5, 5.41) is 10.3. The third-order valence-corrected chi connectivity index (χ3v) is 7.70. The van der Waals surface area contributed by atoms with Gasteiger partial charge in [-0.2, -0.15) is 5.26 Å². The number of hydrogen-bond donors (Lipinski definition) is 0. The number of amides is 1. The molecule has 5 rings (SSSR count). The summed E-state index contributed by atoms with van der Waals surface area (Å²) in [5.41, 5.74) is 2.84. The summed E-state index contributed by atoms with van der Waals surface area (Å²) in [6.07, 6.45) is 5.01. The van der Waals surface area contributed by atoms with Crippen LogP contribution in [0, 0.1) is 17.2 Å². The van der Waals surface area contributed by atoms with Gasteiger partial charge in [-0.1, -0.05) is 123 Å². The molecule has 0 bridgehead atoms. The molecule has 3 aromatic carbocycles. The lowest BCUT2D eigenvalue weighted by Gasteiger charge is -2.49. The molecule has 0 spiro atoms. The standard InChI is InChI=1S/C32H34N2O3/c33-22-29-28(21-24-13-5-1-6-14-24)34(32(35)36-23-25-15-7-2-8-16-25)30(26-17-9-3-10-18-26)31(37-29)27-19-11-4-12-20-27/h2-4,7-12,15-20,24,28-31H,1,5-6,13-14,21,23H2/t28-,29?,30-,31+/m1/s1. The van der Waals surface area contributed by atoms with Crippen LogP contribution in [0.2, 0.25) is 0 Å². The zero-order chi connectivity index (χ0) is 25.5. The van der Waals surface area contributed by atoms with Crippen molar-refractivity contribution in [3.05, 3.63) is 108 Å². The van der Waals surface area contributed by atoms with Crippen LogP contribution in [0.5, 0.6) is 0 Å². The third-order valence-electron chi connectivity index (χ3n) is 7.70. The minimum Gasteiger partial charge on any atom is -0.445 e. The molecule has 1 saturated heterocycles. The first-order valence-corrected chi connectivity index (χ1v) is 13.4. The smallest absolute Gasteiger partial charge is 0.411 e. The molecule has 1 heterocycles. The number of nitriles is 1. The highest BCUT2D eigenvalue weighted by Gasteiger charge is 2.48. The van der Waals surface area contributed by atoms with Crippen molar-refractivity contribution in [1.29, 1.82) is 5.26 Å². The first-order chi connectivity index (χ1) is 18.2. The van der Waals surface area contributed by atoms with Gasteiger partial charge in [0.25, 0.3) is 0 Å². The van der Waals surface area contributed by atoms with E-state index in [0.717, 1.165) is 36.0 Å². The number of hydrogen-bond acceptors (Lipinski definition) is 4. The molecular formula is C32H34N2O3. The fraction of sp³-hybridized carbons (Fsp3) is 0.375. The van der Waals surface area contributed by atoms with Crippen LogP contribution in [0.15, 0.2) is 91.0 Å². The number of rotatable bonds is 6. The van der Waals surface area contributed by atoms with Crippen LogP contribution in [-0.4, -0.2) is 23.1 Å². The zero-order valence-corrected chi connectivity index (χ0v) is 21.1. The van der Waals surface area contributed by atoms with Gasteiger partial charge in [0.1, 0.15) is 12.7 Å². The maximum atomic E-state index is 14.0. The lowest BCUT2D eigenvalue weighted by Crippen LogP contribution is -2.56. The lowest BCUT2D eigenvalue weighted by atomic mass is 9.81. The first-order valence-electron chi connectivity index (χ1n) is 13.4. The molecular weight excluding hydrogens is 460 g/mol. The van der Waals surface area contributed by atoms with Gasteiger partial charge in [0, 0.05) is 0 Å². The molecule has 1 saturated carbocycles. The van der Waals surface area contributed by atoms with E-state index in [1.165, 1.54) is 19.3 Å². The van der Waals surface area contributed by atoms with Gasteiger partial charge in [0.05, 0.1) is 18.2 Å². The molecule has 0 aromatic heterocycles. The van der Waals surface area contributed by atoms with Crippen molar-refractivity contribution in [1.82, 2.24) is 4.90 Å². The summed E-state index contributed by atoms with van der Waals surface area (Å²) >= 11 is 0. The van der Waals surface area contributed by atoms with Crippen LogP contribution in [0.3, 0.4) is 0 Å². The average Bonchev–Trinajstić information content (AvgIpc) is 2.97. The van der Waals surface area contributed by atoms with Crippen molar-refractivity contribution in [3.8, 4) is 6.07 Å². The molecule has 4 atom stereocenters. The molecule has 0 N–H and O–H groups in total. The van der Waals surface area contributed by atoms with Crippen LogP contribution in [-0.2, 0) is 16.1 Å². The Morgan fingerprint density at radius 2 is 1.46 bits per heavy atom. The van der Waals surface area contributed by atoms with Crippen LogP contribution in [0.1, 0.15) is 67.4 Å². The zero-order valence-electron chi connectivity index (χ0n) is 21.1. The molecule has 1 aliphatic carbocycles. The van der Waals surface area contributed by atoms with E-state index in [-0.39, 0.29) is 12.6 Å². The molecule has 2 fully saturated rings. The second kappa shape index (κ2) is 12.1. The first kappa shape index (κ1) is 25.0. The van der Waals surface area contributed by atoms with Crippen LogP contribution in [0.4, 0.5) is 4.79 Å². The summed E-state index contributed by atoms with van der Waals surface area (Å²) in [6, 6.07) is 31.2. The summed E-state index contributed by atoms with van der Waals surface area (Å²) in [5.74, 6) is 0.465. The Hall–Kier alpha value is -3.62. The van der Waals surface area contributed by atoms with Crippen molar-refractivity contribution >= 4 is 6.09 Å². The summed E-state index contributed by atoms with van der Waals surface area (Å²) in [6.45, 7) is 0.182. The highest BCUT2D eigenvalue weighted by atomic mass is 16.6. The Morgan fingerprint density at radius 1 is 0.865 bits per heavy atom. The van der Waals surface area contributed by atoms with Gasteiger partial charge in [0.2, 0.25) is 0 Å². The Balaban J connectivity index is 1.54.